The summed E-state index contributed by atoms with van der Waals surface area (Å²) in [6.45, 7) is 4.51. The Morgan fingerprint density at radius 2 is 2.00 bits per heavy atom. The Balaban J connectivity index is 1.50. The molecule has 146 valence electrons. The lowest BCUT2D eigenvalue weighted by molar-refractivity contribution is 0.215. The largest absolute Gasteiger partial charge is 0.485 e. The standard InChI is InChI=1S/C18H25N5O3S/c1-14-12-20-21(2)18(14)27(24,25)23-11-7-15(13-23)26-16-6-5-8-19-17(16)22-9-3-4-10-22/h5-6,8,12,15H,3-4,7,9-11,13H2,1-2H3. The van der Waals surface area contributed by atoms with Gasteiger partial charge in [-0.2, -0.15) is 9.40 Å². The third-order valence-corrected chi connectivity index (χ3v) is 7.28. The van der Waals surface area contributed by atoms with Crippen molar-refractivity contribution in [1.29, 1.82) is 0 Å². The fourth-order valence-corrected chi connectivity index (χ4v) is 5.65. The molecular formula is C18H25N5O3S. The quantitative estimate of drug-likeness (QED) is 0.770. The van der Waals surface area contributed by atoms with Crippen LogP contribution >= 0.6 is 0 Å². The molecule has 0 spiro atoms. The number of hydrogen-bond donors (Lipinski definition) is 0. The van der Waals surface area contributed by atoms with Crippen molar-refractivity contribution in [2.45, 2.75) is 37.3 Å². The smallest absolute Gasteiger partial charge is 0.260 e. The summed E-state index contributed by atoms with van der Waals surface area (Å²) in [5.74, 6) is 1.60. The molecule has 0 saturated carbocycles. The molecule has 2 aliphatic heterocycles. The van der Waals surface area contributed by atoms with Gasteiger partial charge in [0.25, 0.3) is 10.0 Å². The first-order valence-electron chi connectivity index (χ1n) is 9.32. The van der Waals surface area contributed by atoms with E-state index >= 15 is 0 Å². The maximum Gasteiger partial charge on any atom is 0.260 e. The molecule has 0 N–H and O–H groups in total. The second-order valence-corrected chi connectivity index (χ2v) is 9.02. The number of rotatable bonds is 5. The third kappa shape index (κ3) is 3.41. The van der Waals surface area contributed by atoms with Gasteiger partial charge in [0, 0.05) is 38.4 Å². The summed E-state index contributed by atoms with van der Waals surface area (Å²) in [7, 11) is -1.93. The summed E-state index contributed by atoms with van der Waals surface area (Å²) in [6, 6.07) is 3.78. The lowest BCUT2D eigenvalue weighted by Gasteiger charge is -2.22. The van der Waals surface area contributed by atoms with E-state index < -0.39 is 10.0 Å². The monoisotopic (exact) mass is 391 g/mol. The maximum absolute atomic E-state index is 13.0. The van der Waals surface area contributed by atoms with Crippen LogP contribution < -0.4 is 9.64 Å². The second-order valence-electron chi connectivity index (χ2n) is 7.17. The first kappa shape index (κ1) is 18.2. The zero-order valence-corrected chi connectivity index (χ0v) is 16.5. The Bertz CT molecular complexity index is 901. The predicted molar refractivity (Wildman–Crippen MR) is 101 cm³/mol. The van der Waals surface area contributed by atoms with E-state index in [1.807, 2.05) is 12.1 Å². The molecule has 2 aromatic heterocycles. The van der Waals surface area contributed by atoms with Crippen molar-refractivity contribution < 1.29 is 13.2 Å². The van der Waals surface area contributed by atoms with Crippen LogP contribution in [0.4, 0.5) is 5.82 Å². The topological polar surface area (TPSA) is 80.6 Å². The van der Waals surface area contributed by atoms with Crippen molar-refractivity contribution in [3.05, 3.63) is 30.1 Å². The van der Waals surface area contributed by atoms with Crippen LogP contribution in [0, 0.1) is 6.92 Å². The molecule has 2 aliphatic rings. The molecule has 0 aromatic carbocycles. The van der Waals surface area contributed by atoms with Crippen molar-refractivity contribution in [2.75, 3.05) is 31.1 Å². The highest BCUT2D eigenvalue weighted by molar-refractivity contribution is 7.89. The normalized spacial score (nSPS) is 21.1. The SMILES string of the molecule is Cc1cnn(C)c1S(=O)(=O)N1CCC(Oc2cccnc2N2CCCC2)C1. The van der Waals surface area contributed by atoms with E-state index in [4.69, 9.17) is 4.74 Å². The molecule has 2 saturated heterocycles. The van der Waals surface area contributed by atoms with Crippen molar-refractivity contribution in [2.24, 2.45) is 7.05 Å². The minimum Gasteiger partial charge on any atom is -0.485 e. The summed E-state index contributed by atoms with van der Waals surface area (Å²) >= 11 is 0. The lowest BCUT2D eigenvalue weighted by atomic mass is 10.3. The van der Waals surface area contributed by atoms with Crippen LogP contribution in [0.5, 0.6) is 5.75 Å². The van der Waals surface area contributed by atoms with Gasteiger partial charge in [-0.3, -0.25) is 4.68 Å². The van der Waals surface area contributed by atoms with Crippen LogP contribution in [0.3, 0.4) is 0 Å². The zero-order chi connectivity index (χ0) is 19.0. The number of aromatic nitrogens is 3. The molecule has 2 fully saturated rings. The van der Waals surface area contributed by atoms with E-state index in [1.165, 1.54) is 8.99 Å². The average molecular weight is 391 g/mol. The Morgan fingerprint density at radius 3 is 2.70 bits per heavy atom. The predicted octanol–water partition coefficient (Wildman–Crippen LogP) is 1.57. The Kier molecular flexibility index (Phi) is 4.81. The molecule has 8 nitrogen and oxygen atoms in total. The average Bonchev–Trinajstić information content (AvgIpc) is 3.37. The number of sulfonamides is 1. The minimum absolute atomic E-state index is 0.182. The van der Waals surface area contributed by atoms with Gasteiger partial charge in [-0.05, 0) is 38.3 Å². The van der Waals surface area contributed by atoms with Gasteiger partial charge in [0.2, 0.25) is 0 Å². The van der Waals surface area contributed by atoms with E-state index in [1.54, 1.807) is 26.4 Å². The molecule has 1 unspecified atom stereocenters. The Hall–Kier alpha value is -2.13. The van der Waals surface area contributed by atoms with Gasteiger partial charge in [0.05, 0.1) is 12.7 Å². The van der Waals surface area contributed by atoms with Gasteiger partial charge >= 0.3 is 0 Å². The van der Waals surface area contributed by atoms with Crippen molar-refractivity contribution in [3.8, 4) is 5.75 Å². The van der Waals surface area contributed by atoms with Crippen LogP contribution in [-0.2, 0) is 17.1 Å². The molecule has 0 bridgehead atoms. The summed E-state index contributed by atoms with van der Waals surface area (Å²) in [5, 5.41) is 4.31. The summed E-state index contributed by atoms with van der Waals surface area (Å²) in [5.41, 5.74) is 0.658. The zero-order valence-electron chi connectivity index (χ0n) is 15.7. The minimum atomic E-state index is -3.58. The summed E-state index contributed by atoms with van der Waals surface area (Å²) < 4.78 is 35.1. The van der Waals surface area contributed by atoms with Gasteiger partial charge in [0.15, 0.2) is 16.6 Å². The van der Waals surface area contributed by atoms with Crippen molar-refractivity contribution in [1.82, 2.24) is 19.1 Å². The fourth-order valence-electron chi connectivity index (χ4n) is 3.86. The third-order valence-electron chi connectivity index (χ3n) is 5.20. The van der Waals surface area contributed by atoms with Crippen LogP contribution in [0.15, 0.2) is 29.6 Å². The molecule has 4 rings (SSSR count). The number of ether oxygens (including phenoxy) is 1. The Morgan fingerprint density at radius 1 is 1.22 bits per heavy atom. The summed E-state index contributed by atoms with van der Waals surface area (Å²) in [4.78, 5) is 6.73. The number of pyridine rings is 1. The molecule has 4 heterocycles. The molecular weight excluding hydrogens is 366 g/mol. The van der Waals surface area contributed by atoms with Crippen molar-refractivity contribution in [3.63, 3.8) is 0 Å². The van der Waals surface area contributed by atoms with E-state index in [0.29, 0.717) is 25.1 Å². The molecule has 0 radical (unpaired) electrons. The molecule has 27 heavy (non-hydrogen) atoms. The first-order valence-corrected chi connectivity index (χ1v) is 10.8. The highest BCUT2D eigenvalue weighted by Gasteiger charge is 2.36. The highest BCUT2D eigenvalue weighted by atomic mass is 32.2. The van der Waals surface area contributed by atoms with Crippen LogP contribution in [0.1, 0.15) is 24.8 Å². The molecule has 0 aliphatic carbocycles. The number of hydrogen-bond acceptors (Lipinski definition) is 6. The molecule has 1 atom stereocenters. The van der Waals surface area contributed by atoms with E-state index in [0.717, 1.165) is 37.5 Å². The number of nitrogens with zero attached hydrogens (tertiary/aromatic N) is 5. The van der Waals surface area contributed by atoms with Crippen LogP contribution in [0.2, 0.25) is 0 Å². The van der Waals surface area contributed by atoms with Crippen LogP contribution in [-0.4, -0.2) is 59.8 Å². The maximum atomic E-state index is 13.0. The second kappa shape index (κ2) is 7.12. The van der Waals surface area contributed by atoms with Gasteiger partial charge < -0.3 is 9.64 Å². The lowest BCUT2D eigenvalue weighted by Crippen LogP contribution is -2.33. The van der Waals surface area contributed by atoms with E-state index in [-0.39, 0.29) is 11.1 Å². The fraction of sp³-hybridized carbons (Fsp3) is 0.556. The van der Waals surface area contributed by atoms with Gasteiger partial charge in [-0.25, -0.2) is 13.4 Å². The number of anilines is 1. The number of aryl methyl sites for hydroxylation is 2. The van der Waals surface area contributed by atoms with Gasteiger partial charge in [-0.15, -0.1) is 0 Å². The highest BCUT2D eigenvalue weighted by Crippen LogP contribution is 2.31. The molecule has 2 aromatic rings. The van der Waals surface area contributed by atoms with Crippen molar-refractivity contribution >= 4 is 15.8 Å². The van der Waals surface area contributed by atoms with Crippen LogP contribution in [0.25, 0.3) is 0 Å². The van der Waals surface area contributed by atoms with E-state index in [9.17, 15) is 8.42 Å². The molecule has 0 amide bonds. The first-order chi connectivity index (χ1) is 13.0. The molecule has 9 heteroatoms. The summed E-state index contributed by atoms with van der Waals surface area (Å²) in [6.07, 6.45) is 6.15. The van der Waals surface area contributed by atoms with Gasteiger partial charge in [-0.1, -0.05) is 0 Å². The Labute approximate surface area is 159 Å². The van der Waals surface area contributed by atoms with E-state index in [2.05, 4.69) is 15.0 Å². The van der Waals surface area contributed by atoms with Gasteiger partial charge in [0.1, 0.15) is 6.10 Å².